The van der Waals surface area contributed by atoms with Crippen LogP contribution in [0.1, 0.15) is 6.42 Å². The summed E-state index contributed by atoms with van der Waals surface area (Å²) in [7, 11) is 1.72. The number of ether oxygens (including phenoxy) is 2. The first kappa shape index (κ1) is 13.3. The van der Waals surface area contributed by atoms with Crippen molar-refractivity contribution in [2.45, 2.75) is 18.6 Å². The van der Waals surface area contributed by atoms with Crippen molar-refractivity contribution in [1.29, 1.82) is 0 Å². The molecule has 3 aliphatic rings. The Morgan fingerprint density at radius 3 is 2.91 bits per heavy atom. The Morgan fingerprint density at radius 1 is 1.32 bits per heavy atom. The average molecular weight is 293 g/mol. The zero-order valence-electron chi connectivity index (χ0n) is 12.7. The second-order valence-corrected chi connectivity index (χ2v) is 5.86. The van der Waals surface area contributed by atoms with Crippen LogP contribution in [0, 0.1) is 5.92 Å². The lowest BCUT2D eigenvalue weighted by Crippen LogP contribution is -2.44. The van der Waals surface area contributed by atoms with E-state index in [1.807, 2.05) is 24.3 Å². The zero-order chi connectivity index (χ0) is 15.3. The van der Waals surface area contributed by atoms with E-state index in [1.54, 1.807) is 7.11 Å². The number of hydrogen-bond acceptors (Lipinski definition) is 3. The summed E-state index contributed by atoms with van der Waals surface area (Å²) in [4.78, 5) is 2.36. The van der Waals surface area contributed by atoms with E-state index in [2.05, 4.69) is 36.3 Å². The Labute approximate surface area is 130 Å². The van der Waals surface area contributed by atoms with Gasteiger partial charge in [0.15, 0.2) is 0 Å². The fourth-order valence-electron chi connectivity index (χ4n) is 3.71. The first-order valence-electron chi connectivity index (χ1n) is 7.55. The normalized spacial score (nSPS) is 28.7. The molecule has 1 aromatic carbocycles. The van der Waals surface area contributed by atoms with Crippen molar-refractivity contribution in [3.63, 3.8) is 0 Å². The summed E-state index contributed by atoms with van der Waals surface area (Å²) in [5, 5.41) is 0. The molecular weight excluding hydrogens is 274 g/mol. The quantitative estimate of drug-likeness (QED) is 0.774. The van der Waals surface area contributed by atoms with Crippen molar-refractivity contribution in [2.24, 2.45) is 5.92 Å². The van der Waals surface area contributed by atoms with Crippen LogP contribution >= 0.6 is 0 Å². The van der Waals surface area contributed by atoms with Gasteiger partial charge in [0.1, 0.15) is 11.9 Å². The van der Waals surface area contributed by atoms with Gasteiger partial charge in [-0.05, 0) is 35.9 Å². The van der Waals surface area contributed by atoms with Gasteiger partial charge in [-0.2, -0.15) is 0 Å². The molecule has 2 heterocycles. The minimum atomic E-state index is -0.0834. The van der Waals surface area contributed by atoms with Gasteiger partial charge in [-0.3, -0.25) is 0 Å². The fourth-order valence-corrected chi connectivity index (χ4v) is 3.71. The van der Waals surface area contributed by atoms with Crippen LogP contribution in [0.3, 0.4) is 0 Å². The van der Waals surface area contributed by atoms with Crippen LogP contribution in [0.25, 0.3) is 0 Å². The van der Waals surface area contributed by atoms with Gasteiger partial charge in [0.25, 0.3) is 0 Å². The predicted octanol–water partition coefficient (Wildman–Crippen LogP) is 3.81. The molecule has 3 nitrogen and oxygen atoms in total. The Bertz CT molecular complexity index is 716. The Balaban J connectivity index is 1.87. The van der Waals surface area contributed by atoms with Gasteiger partial charge in [-0.25, -0.2) is 0 Å². The second-order valence-electron chi connectivity index (χ2n) is 5.86. The molecule has 1 saturated heterocycles. The molecule has 1 aliphatic carbocycles. The highest BCUT2D eigenvalue weighted by molar-refractivity contribution is 5.71. The van der Waals surface area contributed by atoms with Crippen molar-refractivity contribution >= 4 is 5.69 Å². The van der Waals surface area contributed by atoms with Crippen molar-refractivity contribution in [3.05, 3.63) is 72.7 Å². The van der Waals surface area contributed by atoms with Crippen molar-refractivity contribution < 1.29 is 9.47 Å². The Morgan fingerprint density at radius 2 is 2.14 bits per heavy atom. The largest absolute Gasteiger partial charge is 0.501 e. The van der Waals surface area contributed by atoms with Crippen LogP contribution in [0.5, 0.6) is 5.75 Å². The molecule has 22 heavy (non-hydrogen) atoms. The summed E-state index contributed by atoms with van der Waals surface area (Å²) < 4.78 is 11.6. The van der Waals surface area contributed by atoms with Crippen molar-refractivity contribution in [3.8, 4) is 5.75 Å². The molecule has 0 aromatic heterocycles. The van der Waals surface area contributed by atoms with E-state index in [-0.39, 0.29) is 18.1 Å². The van der Waals surface area contributed by atoms with E-state index in [1.165, 1.54) is 11.3 Å². The molecule has 1 fully saturated rings. The van der Waals surface area contributed by atoms with Crippen LogP contribution in [-0.4, -0.2) is 19.3 Å². The SMILES string of the molecule is C=CC1Oc2ccccc2N2C3=CC=C(OC)CC3C(=C)C12. The van der Waals surface area contributed by atoms with Gasteiger partial charge in [0.2, 0.25) is 0 Å². The maximum atomic E-state index is 6.13. The highest BCUT2D eigenvalue weighted by Gasteiger charge is 2.48. The van der Waals surface area contributed by atoms with Gasteiger partial charge in [0, 0.05) is 18.0 Å². The van der Waals surface area contributed by atoms with Crippen LogP contribution in [0.2, 0.25) is 0 Å². The molecular formula is C19H19NO2. The average Bonchev–Trinajstić information content (AvgIpc) is 2.87. The third-order valence-corrected chi connectivity index (χ3v) is 4.78. The molecule has 3 heteroatoms. The molecule has 2 aliphatic heterocycles. The molecule has 112 valence electrons. The van der Waals surface area contributed by atoms with Gasteiger partial charge in [-0.1, -0.05) is 25.3 Å². The number of rotatable bonds is 2. The van der Waals surface area contributed by atoms with E-state index in [0.29, 0.717) is 0 Å². The topological polar surface area (TPSA) is 21.7 Å². The van der Waals surface area contributed by atoms with Crippen LogP contribution < -0.4 is 9.64 Å². The number of allylic oxidation sites excluding steroid dienone is 4. The number of fused-ring (bicyclic) bond motifs is 5. The highest BCUT2D eigenvalue weighted by atomic mass is 16.5. The lowest BCUT2D eigenvalue weighted by atomic mass is 9.89. The van der Waals surface area contributed by atoms with Gasteiger partial charge < -0.3 is 14.4 Å². The van der Waals surface area contributed by atoms with E-state index < -0.39 is 0 Å². The number of nitrogens with zero attached hydrogens (tertiary/aromatic N) is 1. The van der Waals surface area contributed by atoms with Gasteiger partial charge >= 0.3 is 0 Å². The minimum absolute atomic E-state index is 0.0834. The minimum Gasteiger partial charge on any atom is -0.501 e. The van der Waals surface area contributed by atoms with E-state index >= 15 is 0 Å². The van der Waals surface area contributed by atoms with Crippen LogP contribution in [0.4, 0.5) is 5.69 Å². The maximum absolute atomic E-state index is 6.13. The molecule has 0 radical (unpaired) electrons. The number of anilines is 1. The summed E-state index contributed by atoms with van der Waals surface area (Å²) in [6, 6.07) is 8.27. The third kappa shape index (κ3) is 1.68. The lowest BCUT2D eigenvalue weighted by molar-refractivity contribution is 0.217. The van der Waals surface area contributed by atoms with Crippen LogP contribution in [0.15, 0.2) is 72.7 Å². The highest BCUT2D eigenvalue weighted by Crippen LogP contribution is 2.51. The first-order chi connectivity index (χ1) is 10.7. The Hall–Kier alpha value is -2.42. The first-order valence-corrected chi connectivity index (χ1v) is 7.55. The van der Waals surface area contributed by atoms with E-state index in [0.717, 1.165) is 23.6 Å². The number of benzene rings is 1. The molecule has 0 spiro atoms. The molecule has 0 saturated carbocycles. The molecule has 4 rings (SSSR count). The zero-order valence-corrected chi connectivity index (χ0v) is 12.7. The molecule has 3 unspecified atom stereocenters. The summed E-state index contributed by atoms with van der Waals surface area (Å²) >= 11 is 0. The molecule has 0 bridgehead atoms. The summed E-state index contributed by atoms with van der Waals surface area (Å²) in [6.45, 7) is 8.32. The monoisotopic (exact) mass is 293 g/mol. The fraction of sp³-hybridized carbons (Fsp3) is 0.263. The molecule has 3 atom stereocenters. The summed E-state index contributed by atoms with van der Waals surface area (Å²) in [5.74, 6) is 2.18. The standard InChI is InChI=1S/C19H19NO2/c1-4-17-19-12(2)14-11-13(21-3)9-10-15(14)20(19)16-7-5-6-8-18(16)22-17/h4-10,14,17,19H,1-2,11H2,3H3. The van der Waals surface area contributed by atoms with E-state index in [4.69, 9.17) is 9.47 Å². The van der Waals surface area contributed by atoms with Crippen molar-refractivity contribution in [1.82, 2.24) is 0 Å². The number of methoxy groups -OCH3 is 1. The lowest BCUT2D eigenvalue weighted by Gasteiger charge is -2.39. The van der Waals surface area contributed by atoms with Gasteiger partial charge in [-0.15, -0.1) is 0 Å². The summed E-state index contributed by atoms with van der Waals surface area (Å²) in [5.41, 5.74) is 3.56. The third-order valence-electron chi connectivity index (χ3n) is 4.78. The predicted molar refractivity (Wildman–Crippen MR) is 87.7 cm³/mol. The van der Waals surface area contributed by atoms with E-state index in [9.17, 15) is 0 Å². The molecule has 0 amide bonds. The van der Waals surface area contributed by atoms with Crippen molar-refractivity contribution in [2.75, 3.05) is 12.0 Å². The molecule has 0 N–H and O–H groups in total. The summed E-state index contributed by atoms with van der Waals surface area (Å²) in [6.07, 6.45) is 6.87. The molecule has 1 aromatic rings. The smallest absolute Gasteiger partial charge is 0.144 e. The Kier molecular flexibility index (Phi) is 2.89. The maximum Gasteiger partial charge on any atom is 0.144 e. The van der Waals surface area contributed by atoms with Crippen LogP contribution in [-0.2, 0) is 4.74 Å². The second kappa shape index (κ2) is 4.80. The van der Waals surface area contributed by atoms with Gasteiger partial charge in [0.05, 0.1) is 24.6 Å². The number of hydrogen-bond donors (Lipinski definition) is 0. The number of para-hydroxylation sites is 2.